The average Bonchev–Trinajstić information content (AvgIpc) is 2.86. The summed E-state index contributed by atoms with van der Waals surface area (Å²) in [6.45, 7) is 2.13. The van der Waals surface area contributed by atoms with Gasteiger partial charge in [-0.05, 0) is 30.2 Å². The summed E-state index contributed by atoms with van der Waals surface area (Å²) in [5, 5.41) is 0. The molecule has 8 nitrogen and oxygen atoms in total. The Morgan fingerprint density at radius 2 is 1.70 bits per heavy atom. The molecule has 172 valence electrons. The maximum Gasteiger partial charge on any atom is 0.416 e. The number of hydrogen-bond donors (Lipinski definition) is 0. The molecule has 0 fully saturated rings. The second kappa shape index (κ2) is 11.0. The summed E-state index contributed by atoms with van der Waals surface area (Å²) in [7, 11) is 2.43. The van der Waals surface area contributed by atoms with E-state index in [9.17, 15) is 14.4 Å². The minimum Gasteiger partial charge on any atom is -0.466 e. The lowest BCUT2D eigenvalue weighted by atomic mass is 9.99. The Morgan fingerprint density at radius 3 is 2.36 bits per heavy atom. The number of hydrogen-bond acceptors (Lipinski definition) is 7. The van der Waals surface area contributed by atoms with Crippen LogP contribution < -0.4 is 4.90 Å². The van der Waals surface area contributed by atoms with Crippen LogP contribution in [0.25, 0.3) is 6.08 Å². The van der Waals surface area contributed by atoms with E-state index in [0.29, 0.717) is 12.1 Å². The van der Waals surface area contributed by atoms with Crippen molar-refractivity contribution >= 4 is 29.8 Å². The molecule has 33 heavy (non-hydrogen) atoms. The van der Waals surface area contributed by atoms with E-state index in [1.54, 1.807) is 36.5 Å². The van der Waals surface area contributed by atoms with E-state index >= 15 is 0 Å². The zero-order valence-electron chi connectivity index (χ0n) is 18.8. The third-order valence-corrected chi connectivity index (χ3v) is 4.99. The van der Waals surface area contributed by atoms with E-state index in [1.807, 2.05) is 37.3 Å². The standard InChI is InChI=1S/C25H26N2O6/c1-4-16-33-25(30)27(19-11-6-5-7-12-19)23-20-13-9-8-10-18(20)14-15-26(23)21(24(29)32-3)17-22(28)31-2/h5-15,17,23H,4,16H2,1-3H3/b21-17-. The molecular formula is C25H26N2O6. The number of esters is 2. The van der Waals surface area contributed by atoms with Crippen molar-refractivity contribution in [1.82, 2.24) is 4.90 Å². The van der Waals surface area contributed by atoms with Gasteiger partial charge in [0.05, 0.1) is 26.9 Å². The van der Waals surface area contributed by atoms with E-state index in [0.717, 1.165) is 17.2 Å². The van der Waals surface area contributed by atoms with Gasteiger partial charge in [-0.25, -0.2) is 14.4 Å². The summed E-state index contributed by atoms with van der Waals surface area (Å²) in [5.41, 5.74) is 2.05. The molecular weight excluding hydrogens is 424 g/mol. The van der Waals surface area contributed by atoms with Crippen LogP contribution in [0.3, 0.4) is 0 Å². The zero-order chi connectivity index (χ0) is 23.8. The van der Waals surface area contributed by atoms with Crippen molar-refractivity contribution in [2.45, 2.75) is 19.5 Å². The molecule has 1 unspecified atom stereocenters. The monoisotopic (exact) mass is 450 g/mol. The van der Waals surface area contributed by atoms with Crippen LogP contribution in [0.2, 0.25) is 0 Å². The first kappa shape index (κ1) is 23.6. The van der Waals surface area contributed by atoms with Crippen molar-refractivity contribution in [2.75, 3.05) is 25.7 Å². The van der Waals surface area contributed by atoms with Crippen LogP contribution in [0.15, 0.2) is 72.6 Å². The van der Waals surface area contributed by atoms with E-state index in [2.05, 4.69) is 0 Å². The number of methoxy groups -OCH3 is 2. The second-order valence-electron chi connectivity index (χ2n) is 7.09. The highest BCUT2D eigenvalue weighted by Crippen LogP contribution is 2.39. The molecule has 1 atom stereocenters. The van der Waals surface area contributed by atoms with Gasteiger partial charge in [-0.15, -0.1) is 0 Å². The first-order chi connectivity index (χ1) is 16.0. The molecule has 0 radical (unpaired) electrons. The number of carbonyl (C=O) groups is 3. The number of benzene rings is 2. The number of anilines is 1. The molecule has 0 saturated heterocycles. The summed E-state index contributed by atoms with van der Waals surface area (Å²) in [6.07, 6.45) is 3.67. The number of carbonyl (C=O) groups excluding carboxylic acids is 3. The van der Waals surface area contributed by atoms with E-state index in [4.69, 9.17) is 14.2 Å². The van der Waals surface area contributed by atoms with Crippen molar-refractivity contribution in [3.8, 4) is 0 Å². The minimum atomic E-state index is -0.840. The highest BCUT2D eigenvalue weighted by Gasteiger charge is 2.38. The van der Waals surface area contributed by atoms with Gasteiger partial charge in [-0.1, -0.05) is 49.4 Å². The number of nitrogens with zero attached hydrogens (tertiary/aromatic N) is 2. The number of ether oxygens (including phenoxy) is 3. The topological polar surface area (TPSA) is 85.4 Å². The predicted molar refractivity (Wildman–Crippen MR) is 123 cm³/mol. The molecule has 2 aromatic carbocycles. The highest BCUT2D eigenvalue weighted by atomic mass is 16.6. The molecule has 1 aliphatic heterocycles. The van der Waals surface area contributed by atoms with Crippen LogP contribution in [0, 0.1) is 0 Å². The van der Waals surface area contributed by atoms with E-state index < -0.39 is 24.2 Å². The summed E-state index contributed by atoms with van der Waals surface area (Å²) < 4.78 is 15.2. The van der Waals surface area contributed by atoms with Gasteiger partial charge in [0.15, 0.2) is 0 Å². The van der Waals surface area contributed by atoms with Gasteiger partial charge < -0.3 is 19.1 Å². The third-order valence-electron chi connectivity index (χ3n) is 4.99. The molecule has 0 aromatic heterocycles. The maximum atomic E-state index is 13.3. The van der Waals surface area contributed by atoms with Crippen molar-refractivity contribution in [3.63, 3.8) is 0 Å². The number of rotatable bonds is 7. The SMILES string of the molecule is CCCOC(=O)N(c1ccccc1)C1c2ccccc2C=CN1/C(=C\C(=O)OC)C(=O)OC. The molecule has 0 spiro atoms. The Balaban J connectivity index is 2.22. The van der Waals surface area contributed by atoms with E-state index in [-0.39, 0.29) is 12.3 Å². The van der Waals surface area contributed by atoms with Gasteiger partial charge in [-0.2, -0.15) is 0 Å². The van der Waals surface area contributed by atoms with Gasteiger partial charge >= 0.3 is 18.0 Å². The fraction of sp³-hybridized carbons (Fsp3) is 0.240. The van der Waals surface area contributed by atoms with Crippen LogP contribution in [-0.2, 0) is 23.8 Å². The van der Waals surface area contributed by atoms with Gasteiger partial charge in [0, 0.05) is 17.5 Å². The number of amides is 1. The Kier molecular flexibility index (Phi) is 7.86. The van der Waals surface area contributed by atoms with Crippen molar-refractivity contribution in [2.24, 2.45) is 0 Å². The molecule has 0 N–H and O–H groups in total. The fourth-order valence-electron chi connectivity index (χ4n) is 3.47. The smallest absolute Gasteiger partial charge is 0.416 e. The molecule has 8 heteroatoms. The van der Waals surface area contributed by atoms with Gasteiger partial charge in [0.1, 0.15) is 11.9 Å². The molecule has 0 bridgehead atoms. The molecule has 2 aromatic rings. The maximum absolute atomic E-state index is 13.3. The van der Waals surface area contributed by atoms with Crippen LogP contribution in [0.4, 0.5) is 10.5 Å². The number of fused-ring (bicyclic) bond motifs is 1. The second-order valence-corrected chi connectivity index (χ2v) is 7.09. The van der Waals surface area contributed by atoms with E-state index in [1.165, 1.54) is 24.0 Å². The summed E-state index contributed by atoms with van der Waals surface area (Å²) in [4.78, 5) is 41.1. The largest absolute Gasteiger partial charge is 0.466 e. The van der Waals surface area contributed by atoms with Crippen LogP contribution in [0.5, 0.6) is 0 Å². The Morgan fingerprint density at radius 1 is 1.00 bits per heavy atom. The lowest BCUT2D eigenvalue weighted by Gasteiger charge is -2.41. The molecule has 1 heterocycles. The summed E-state index contributed by atoms with van der Waals surface area (Å²) in [6, 6.07) is 16.5. The van der Waals surface area contributed by atoms with Gasteiger partial charge in [0.25, 0.3) is 0 Å². The quantitative estimate of drug-likeness (QED) is 0.354. The van der Waals surface area contributed by atoms with Gasteiger partial charge in [-0.3, -0.25) is 4.90 Å². The summed E-state index contributed by atoms with van der Waals surface area (Å²) in [5.74, 6) is -1.49. The van der Waals surface area contributed by atoms with Crippen LogP contribution in [0.1, 0.15) is 30.6 Å². The highest BCUT2D eigenvalue weighted by molar-refractivity contribution is 5.97. The third kappa shape index (κ3) is 5.23. The molecule has 1 amide bonds. The first-order valence-corrected chi connectivity index (χ1v) is 10.5. The first-order valence-electron chi connectivity index (χ1n) is 10.5. The van der Waals surface area contributed by atoms with Crippen molar-refractivity contribution in [3.05, 3.63) is 83.7 Å². The van der Waals surface area contributed by atoms with Crippen LogP contribution in [-0.4, -0.2) is 43.8 Å². The zero-order valence-corrected chi connectivity index (χ0v) is 18.8. The van der Waals surface area contributed by atoms with Gasteiger partial charge in [0.2, 0.25) is 0 Å². The molecule has 1 aliphatic rings. The lowest BCUT2D eigenvalue weighted by Crippen LogP contribution is -2.45. The Labute approximate surface area is 192 Å². The lowest BCUT2D eigenvalue weighted by molar-refractivity contribution is -0.140. The van der Waals surface area contributed by atoms with Crippen molar-refractivity contribution in [1.29, 1.82) is 0 Å². The minimum absolute atomic E-state index is 0.0932. The molecule has 3 rings (SSSR count). The molecule has 0 aliphatic carbocycles. The number of para-hydroxylation sites is 1. The Bertz CT molecular complexity index is 1060. The fourth-order valence-corrected chi connectivity index (χ4v) is 3.47. The summed E-state index contributed by atoms with van der Waals surface area (Å²) >= 11 is 0. The van der Waals surface area contributed by atoms with Crippen molar-refractivity contribution < 1.29 is 28.6 Å². The normalized spacial score (nSPS) is 14.8. The molecule has 0 saturated carbocycles. The predicted octanol–water partition coefficient (Wildman–Crippen LogP) is 4.25. The Hall–Kier alpha value is -4.07. The van der Waals surface area contributed by atoms with Crippen LogP contribution >= 0.6 is 0 Å². The average molecular weight is 450 g/mol.